The first-order valence-electron chi connectivity index (χ1n) is 10.7. The van der Waals surface area contributed by atoms with E-state index in [2.05, 4.69) is 10.3 Å². The van der Waals surface area contributed by atoms with Gasteiger partial charge in [-0.15, -0.1) is 0 Å². The standard InChI is InChI=1S/C24H31N3O4/c1-24(2,3)19-15-16(17-8-5-10-25-22(17)29)14-18(21(19)31-4)23(30)26-11-7-13-27-12-6-9-20(27)28/h5,8,10,14-15H,6-7,9,11-13H2,1-4H3,(H,25,29)(H,26,30). The van der Waals surface area contributed by atoms with Crippen molar-refractivity contribution in [3.8, 4) is 16.9 Å². The van der Waals surface area contributed by atoms with Crippen molar-refractivity contribution in [3.63, 3.8) is 0 Å². The molecule has 0 aliphatic carbocycles. The lowest BCUT2D eigenvalue weighted by atomic mass is 9.83. The average Bonchev–Trinajstić information content (AvgIpc) is 3.14. The minimum atomic E-state index is -0.298. The van der Waals surface area contributed by atoms with E-state index in [0.717, 1.165) is 18.5 Å². The number of nitrogens with one attached hydrogen (secondary N) is 2. The van der Waals surface area contributed by atoms with Crippen LogP contribution in [0.1, 0.15) is 56.0 Å². The monoisotopic (exact) mass is 425 g/mol. The molecule has 1 aromatic heterocycles. The van der Waals surface area contributed by atoms with E-state index in [1.54, 1.807) is 31.5 Å². The first-order valence-corrected chi connectivity index (χ1v) is 10.7. The predicted molar refractivity (Wildman–Crippen MR) is 121 cm³/mol. The van der Waals surface area contributed by atoms with E-state index in [0.29, 0.717) is 48.4 Å². The van der Waals surface area contributed by atoms with Crippen molar-refractivity contribution in [2.45, 2.75) is 45.4 Å². The van der Waals surface area contributed by atoms with E-state index in [1.165, 1.54) is 0 Å². The van der Waals surface area contributed by atoms with Crippen molar-refractivity contribution >= 4 is 11.8 Å². The number of aromatic amines is 1. The second-order valence-electron chi connectivity index (χ2n) is 8.86. The highest BCUT2D eigenvalue weighted by molar-refractivity contribution is 5.99. The van der Waals surface area contributed by atoms with Crippen molar-refractivity contribution in [1.29, 1.82) is 0 Å². The molecule has 1 aliphatic rings. The Bertz CT molecular complexity index is 1020. The molecule has 2 N–H and O–H groups in total. The fourth-order valence-electron chi connectivity index (χ4n) is 3.89. The van der Waals surface area contributed by atoms with Gasteiger partial charge in [0.25, 0.3) is 11.5 Å². The minimum Gasteiger partial charge on any atom is -0.496 e. The Morgan fingerprint density at radius 2 is 2.03 bits per heavy atom. The summed E-state index contributed by atoms with van der Waals surface area (Å²) in [5.74, 6) is 0.434. The van der Waals surface area contributed by atoms with Crippen LogP contribution in [0.4, 0.5) is 0 Å². The van der Waals surface area contributed by atoms with Crippen LogP contribution >= 0.6 is 0 Å². The first-order chi connectivity index (χ1) is 14.7. The summed E-state index contributed by atoms with van der Waals surface area (Å²) in [4.78, 5) is 41.7. The molecule has 2 heterocycles. The van der Waals surface area contributed by atoms with Crippen LogP contribution in [0.25, 0.3) is 11.1 Å². The molecule has 1 saturated heterocycles. The molecule has 0 spiro atoms. The van der Waals surface area contributed by atoms with Crippen molar-refractivity contribution in [2.75, 3.05) is 26.7 Å². The van der Waals surface area contributed by atoms with Crippen LogP contribution in [-0.2, 0) is 10.2 Å². The van der Waals surface area contributed by atoms with Crippen LogP contribution in [0.15, 0.2) is 35.3 Å². The molecular formula is C24H31N3O4. The van der Waals surface area contributed by atoms with Gasteiger partial charge in [-0.3, -0.25) is 14.4 Å². The van der Waals surface area contributed by atoms with Gasteiger partial charge in [0, 0.05) is 43.4 Å². The van der Waals surface area contributed by atoms with Crippen molar-refractivity contribution < 1.29 is 14.3 Å². The van der Waals surface area contributed by atoms with Crippen LogP contribution in [0, 0.1) is 0 Å². The molecule has 0 unspecified atom stereocenters. The Hall–Kier alpha value is -3.09. The SMILES string of the molecule is COc1c(C(=O)NCCCN2CCCC2=O)cc(-c2ccc[nH]c2=O)cc1C(C)(C)C. The van der Waals surface area contributed by atoms with E-state index in [-0.39, 0.29) is 22.8 Å². The number of nitrogens with zero attached hydrogens (tertiary/aromatic N) is 1. The van der Waals surface area contributed by atoms with Gasteiger partial charge in [-0.25, -0.2) is 0 Å². The number of likely N-dealkylation sites (tertiary alicyclic amines) is 1. The normalized spacial score (nSPS) is 14.1. The second kappa shape index (κ2) is 9.37. The number of carbonyl (C=O) groups is 2. The molecule has 0 bridgehead atoms. The van der Waals surface area contributed by atoms with Crippen molar-refractivity contribution in [1.82, 2.24) is 15.2 Å². The van der Waals surface area contributed by atoms with E-state index in [1.807, 2.05) is 31.7 Å². The highest BCUT2D eigenvalue weighted by Crippen LogP contribution is 2.37. The van der Waals surface area contributed by atoms with Crippen molar-refractivity contribution in [2.24, 2.45) is 0 Å². The molecular weight excluding hydrogens is 394 g/mol. The third-order valence-electron chi connectivity index (χ3n) is 5.54. The Morgan fingerprint density at radius 1 is 1.26 bits per heavy atom. The Balaban J connectivity index is 1.87. The summed E-state index contributed by atoms with van der Waals surface area (Å²) in [6.45, 7) is 8.01. The van der Waals surface area contributed by atoms with Crippen LogP contribution in [-0.4, -0.2) is 48.4 Å². The maximum absolute atomic E-state index is 13.1. The van der Waals surface area contributed by atoms with Crippen LogP contribution in [0.2, 0.25) is 0 Å². The maximum atomic E-state index is 13.1. The van der Waals surface area contributed by atoms with E-state index >= 15 is 0 Å². The second-order valence-corrected chi connectivity index (χ2v) is 8.86. The van der Waals surface area contributed by atoms with Gasteiger partial charge in [0.15, 0.2) is 0 Å². The van der Waals surface area contributed by atoms with Gasteiger partial charge in [-0.1, -0.05) is 20.8 Å². The number of methoxy groups -OCH3 is 1. The minimum absolute atomic E-state index is 0.184. The van der Waals surface area contributed by atoms with Gasteiger partial charge < -0.3 is 19.9 Å². The number of rotatable bonds is 7. The molecule has 1 aliphatic heterocycles. The van der Waals surface area contributed by atoms with Gasteiger partial charge >= 0.3 is 0 Å². The summed E-state index contributed by atoms with van der Waals surface area (Å²) in [6, 6.07) is 7.12. The molecule has 7 heteroatoms. The number of H-pyrrole nitrogens is 1. The van der Waals surface area contributed by atoms with Gasteiger partial charge in [-0.2, -0.15) is 0 Å². The van der Waals surface area contributed by atoms with Gasteiger partial charge in [-0.05, 0) is 48.1 Å². The van der Waals surface area contributed by atoms with Crippen molar-refractivity contribution in [3.05, 3.63) is 51.9 Å². The smallest absolute Gasteiger partial charge is 0.255 e. The summed E-state index contributed by atoms with van der Waals surface area (Å²) in [6.07, 6.45) is 3.79. The van der Waals surface area contributed by atoms with Gasteiger partial charge in [0.1, 0.15) is 5.75 Å². The third-order valence-corrected chi connectivity index (χ3v) is 5.54. The zero-order valence-electron chi connectivity index (χ0n) is 18.7. The van der Waals surface area contributed by atoms with Gasteiger partial charge in [0.2, 0.25) is 5.91 Å². The number of hydrogen-bond acceptors (Lipinski definition) is 4. The topological polar surface area (TPSA) is 91.5 Å². The Morgan fingerprint density at radius 3 is 2.65 bits per heavy atom. The number of aromatic nitrogens is 1. The summed E-state index contributed by atoms with van der Waals surface area (Å²) >= 11 is 0. The number of pyridine rings is 1. The summed E-state index contributed by atoms with van der Waals surface area (Å²) in [7, 11) is 1.55. The van der Waals surface area contributed by atoms with Crippen LogP contribution in [0.3, 0.4) is 0 Å². The lowest BCUT2D eigenvalue weighted by Gasteiger charge is -2.25. The zero-order valence-corrected chi connectivity index (χ0v) is 18.7. The lowest BCUT2D eigenvalue weighted by Crippen LogP contribution is -2.31. The van der Waals surface area contributed by atoms with Crippen LogP contribution in [0.5, 0.6) is 5.75 Å². The summed E-state index contributed by atoms with van der Waals surface area (Å²) in [5, 5.41) is 2.94. The number of benzene rings is 1. The highest BCUT2D eigenvalue weighted by atomic mass is 16.5. The molecule has 0 saturated carbocycles. The molecule has 1 fully saturated rings. The predicted octanol–water partition coefficient (Wildman–Crippen LogP) is 3.09. The summed E-state index contributed by atoms with van der Waals surface area (Å²) in [5.41, 5.74) is 1.90. The summed E-state index contributed by atoms with van der Waals surface area (Å²) < 4.78 is 5.65. The molecule has 166 valence electrons. The number of amides is 2. The zero-order chi connectivity index (χ0) is 22.6. The molecule has 31 heavy (non-hydrogen) atoms. The van der Waals surface area contributed by atoms with E-state index < -0.39 is 0 Å². The lowest BCUT2D eigenvalue weighted by molar-refractivity contribution is -0.127. The van der Waals surface area contributed by atoms with Crippen LogP contribution < -0.4 is 15.6 Å². The molecule has 7 nitrogen and oxygen atoms in total. The molecule has 1 aromatic carbocycles. The van der Waals surface area contributed by atoms with Gasteiger partial charge in [0.05, 0.1) is 12.7 Å². The number of hydrogen-bond donors (Lipinski definition) is 2. The van der Waals surface area contributed by atoms with E-state index in [9.17, 15) is 14.4 Å². The molecule has 0 atom stereocenters. The maximum Gasteiger partial charge on any atom is 0.255 e. The quantitative estimate of drug-likeness (QED) is 0.667. The fraction of sp³-hybridized carbons (Fsp3) is 0.458. The fourth-order valence-corrected chi connectivity index (χ4v) is 3.89. The number of carbonyl (C=O) groups excluding carboxylic acids is 2. The largest absolute Gasteiger partial charge is 0.496 e. The average molecular weight is 426 g/mol. The highest BCUT2D eigenvalue weighted by Gasteiger charge is 2.26. The third kappa shape index (κ3) is 5.16. The Kier molecular flexibility index (Phi) is 6.83. The number of ether oxygens (including phenoxy) is 1. The van der Waals surface area contributed by atoms with E-state index in [4.69, 9.17) is 4.74 Å². The molecule has 0 radical (unpaired) electrons. The molecule has 2 amide bonds. The Labute approximate surface area is 182 Å². The molecule has 2 aromatic rings. The molecule has 3 rings (SSSR count). The first kappa shape index (κ1) is 22.6.